The van der Waals surface area contributed by atoms with Gasteiger partial charge in [0.1, 0.15) is 30.6 Å². The van der Waals surface area contributed by atoms with Gasteiger partial charge in [-0.3, -0.25) is 4.90 Å². The molecule has 2 heterocycles. The van der Waals surface area contributed by atoms with Gasteiger partial charge in [-0.2, -0.15) is 0 Å². The first-order valence-electron chi connectivity index (χ1n) is 7.65. The van der Waals surface area contributed by atoms with Crippen molar-refractivity contribution in [2.75, 3.05) is 6.54 Å². The summed E-state index contributed by atoms with van der Waals surface area (Å²) >= 11 is 0. The average molecular weight is 319 g/mol. The van der Waals surface area contributed by atoms with Crippen LogP contribution < -0.4 is 0 Å². The third-order valence-electron chi connectivity index (χ3n) is 4.23. The molecule has 0 aliphatic carbocycles. The highest BCUT2D eigenvalue weighted by Gasteiger charge is 2.61. The number of aldehydes is 1. The number of fused-ring (bicyclic) bond motifs is 1. The highest BCUT2D eigenvalue weighted by atomic mass is 16.8. The molecule has 0 unspecified atom stereocenters. The van der Waals surface area contributed by atoms with Gasteiger partial charge in [-0.05, 0) is 26.3 Å². The largest absolute Gasteiger partial charge is 0.445 e. The number of nitrogens with zero attached hydrogens (tertiary/aromatic N) is 1. The van der Waals surface area contributed by atoms with Crippen LogP contribution >= 0.6 is 0 Å². The van der Waals surface area contributed by atoms with Crippen LogP contribution in [0.25, 0.3) is 0 Å². The summed E-state index contributed by atoms with van der Waals surface area (Å²) in [5, 5.41) is 0. The van der Waals surface area contributed by atoms with E-state index in [9.17, 15) is 9.59 Å². The molecule has 1 amide bonds. The molecular formula is C17H21NO5. The van der Waals surface area contributed by atoms with Crippen molar-refractivity contribution in [3.05, 3.63) is 35.9 Å². The number of carbonyl (C=O) groups is 2. The van der Waals surface area contributed by atoms with Crippen molar-refractivity contribution in [1.82, 2.24) is 4.90 Å². The molecule has 0 saturated carbocycles. The topological polar surface area (TPSA) is 65.1 Å². The summed E-state index contributed by atoms with van der Waals surface area (Å²) in [6, 6.07) is 8.70. The molecule has 6 heteroatoms. The van der Waals surface area contributed by atoms with Crippen LogP contribution in [0.5, 0.6) is 0 Å². The molecule has 1 aromatic rings. The van der Waals surface area contributed by atoms with Crippen LogP contribution in [0.2, 0.25) is 0 Å². The molecule has 3 rings (SSSR count). The molecule has 0 N–H and O–H groups in total. The van der Waals surface area contributed by atoms with Gasteiger partial charge >= 0.3 is 6.09 Å². The van der Waals surface area contributed by atoms with Gasteiger partial charge in [0.2, 0.25) is 0 Å². The van der Waals surface area contributed by atoms with Crippen molar-refractivity contribution in [2.45, 2.75) is 50.9 Å². The monoisotopic (exact) mass is 319 g/mol. The van der Waals surface area contributed by atoms with Crippen LogP contribution in [0, 0.1) is 0 Å². The Kier molecular flexibility index (Phi) is 3.90. The third-order valence-corrected chi connectivity index (χ3v) is 4.23. The van der Waals surface area contributed by atoms with E-state index in [0.717, 1.165) is 11.8 Å². The smallest absolute Gasteiger partial charge is 0.410 e. The zero-order valence-electron chi connectivity index (χ0n) is 13.5. The summed E-state index contributed by atoms with van der Waals surface area (Å²) in [4.78, 5) is 25.2. The van der Waals surface area contributed by atoms with Gasteiger partial charge in [-0.1, -0.05) is 30.3 Å². The zero-order valence-corrected chi connectivity index (χ0v) is 13.5. The van der Waals surface area contributed by atoms with Crippen LogP contribution in [0.3, 0.4) is 0 Å². The van der Waals surface area contributed by atoms with Gasteiger partial charge in [-0.25, -0.2) is 4.79 Å². The molecule has 2 aliphatic rings. The van der Waals surface area contributed by atoms with Crippen molar-refractivity contribution in [3.8, 4) is 0 Å². The molecule has 3 atom stereocenters. The highest BCUT2D eigenvalue weighted by Crippen LogP contribution is 2.43. The van der Waals surface area contributed by atoms with Crippen LogP contribution in [0.15, 0.2) is 30.3 Å². The molecule has 1 aromatic carbocycles. The van der Waals surface area contributed by atoms with E-state index in [2.05, 4.69) is 0 Å². The summed E-state index contributed by atoms with van der Waals surface area (Å²) in [5.41, 5.74) is 0.184. The standard InChI is InChI=1S/C17H21NO5/c1-16(2)22-14-13(9-19)18(11-17(14,3)23-16)15(20)21-10-12-7-5-4-6-8-12/h4-9,13-14H,10-11H2,1-3H3/t13-,14-,17+/m0/s1. The maximum absolute atomic E-state index is 12.4. The van der Waals surface area contributed by atoms with Gasteiger partial charge in [-0.15, -0.1) is 0 Å². The molecule has 2 aliphatic heterocycles. The lowest BCUT2D eigenvalue weighted by Crippen LogP contribution is -2.43. The predicted octanol–water partition coefficient (Wildman–Crippen LogP) is 2.12. The lowest BCUT2D eigenvalue weighted by atomic mass is 10.00. The fourth-order valence-corrected chi connectivity index (χ4v) is 3.37. The van der Waals surface area contributed by atoms with Gasteiger partial charge in [0.15, 0.2) is 5.79 Å². The minimum Gasteiger partial charge on any atom is -0.445 e. The van der Waals surface area contributed by atoms with Crippen molar-refractivity contribution < 1.29 is 23.8 Å². The van der Waals surface area contributed by atoms with E-state index < -0.39 is 29.6 Å². The first-order valence-corrected chi connectivity index (χ1v) is 7.65. The number of benzene rings is 1. The number of hydrogen-bond acceptors (Lipinski definition) is 5. The third kappa shape index (κ3) is 2.96. The van der Waals surface area contributed by atoms with Gasteiger partial charge in [0, 0.05) is 0 Å². The highest BCUT2D eigenvalue weighted by molar-refractivity contribution is 5.75. The molecule has 0 radical (unpaired) electrons. The zero-order chi connectivity index (χ0) is 16.7. The van der Waals surface area contributed by atoms with E-state index in [4.69, 9.17) is 14.2 Å². The van der Waals surface area contributed by atoms with Gasteiger partial charge in [0.25, 0.3) is 0 Å². The molecule has 0 bridgehead atoms. The number of carbonyl (C=O) groups excluding carboxylic acids is 2. The average Bonchev–Trinajstić information content (AvgIpc) is 2.90. The second kappa shape index (κ2) is 5.62. The molecule has 2 fully saturated rings. The molecule has 124 valence electrons. The number of rotatable bonds is 3. The Labute approximate surface area is 135 Å². The number of hydrogen-bond donors (Lipinski definition) is 0. The Balaban J connectivity index is 1.69. The van der Waals surface area contributed by atoms with Crippen molar-refractivity contribution in [1.29, 1.82) is 0 Å². The number of ether oxygens (including phenoxy) is 3. The maximum Gasteiger partial charge on any atom is 0.410 e. The van der Waals surface area contributed by atoms with E-state index >= 15 is 0 Å². The molecule has 0 spiro atoms. The lowest BCUT2D eigenvalue weighted by molar-refractivity contribution is -0.172. The minimum absolute atomic E-state index is 0.163. The number of amides is 1. The van der Waals surface area contributed by atoms with Crippen LogP contribution in [0.4, 0.5) is 4.79 Å². The second-order valence-corrected chi connectivity index (χ2v) is 6.65. The Morgan fingerprint density at radius 3 is 2.70 bits per heavy atom. The van der Waals surface area contributed by atoms with E-state index in [0.29, 0.717) is 0 Å². The Morgan fingerprint density at radius 1 is 1.35 bits per heavy atom. The van der Waals surface area contributed by atoms with Crippen LogP contribution in [0.1, 0.15) is 26.3 Å². The van der Waals surface area contributed by atoms with Crippen molar-refractivity contribution in [2.24, 2.45) is 0 Å². The van der Waals surface area contributed by atoms with Gasteiger partial charge < -0.3 is 19.0 Å². The first kappa shape index (κ1) is 16.0. The Hall–Kier alpha value is -1.92. The van der Waals surface area contributed by atoms with Gasteiger partial charge in [0.05, 0.1) is 6.54 Å². The number of likely N-dealkylation sites (tertiary alicyclic amines) is 1. The normalized spacial score (nSPS) is 31.7. The van der Waals surface area contributed by atoms with Crippen LogP contribution in [-0.4, -0.2) is 47.4 Å². The quantitative estimate of drug-likeness (QED) is 0.799. The van der Waals surface area contributed by atoms with E-state index in [1.807, 2.05) is 37.3 Å². The first-order chi connectivity index (χ1) is 10.8. The predicted molar refractivity (Wildman–Crippen MR) is 81.6 cm³/mol. The summed E-state index contributed by atoms with van der Waals surface area (Å²) in [6.45, 7) is 5.88. The summed E-state index contributed by atoms with van der Waals surface area (Å²) in [7, 11) is 0. The second-order valence-electron chi connectivity index (χ2n) is 6.65. The van der Waals surface area contributed by atoms with Crippen molar-refractivity contribution >= 4 is 12.4 Å². The molecule has 6 nitrogen and oxygen atoms in total. The Morgan fingerprint density at radius 2 is 2.04 bits per heavy atom. The summed E-state index contributed by atoms with van der Waals surface area (Å²) in [5.74, 6) is -0.763. The molecule has 23 heavy (non-hydrogen) atoms. The summed E-state index contributed by atoms with van der Waals surface area (Å²) in [6.07, 6.45) is -0.296. The lowest BCUT2D eigenvalue weighted by Gasteiger charge is -2.27. The minimum atomic E-state index is -0.763. The maximum atomic E-state index is 12.4. The van der Waals surface area contributed by atoms with E-state index in [1.54, 1.807) is 13.8 Å². The summed E-state index contributed by atoms with van der Waals surface area (Å²) < 4.78 is 17.0. The Bertz CT molecular complexity index is 602. The fraction of sp³-hybridized carbons (Fsp3) is 0.529. The SMILES string of the molecule is CC1(C)O[C@H]2[C@H](C=O)N(C(=O)OCc3ccccc3)C[C@@]2(C)O1. The fourth-order valence-electron chi connectivity index (χ4n) is 3.37. The van der Waals surface area contributed by atoms with E-state index in [1.165, 1.54) is 4.90 Å². The van der Waals surface area contributed by atoms with Crippen molar-refractivity contribution in [3.63, 3.8) is 0 Å². The van der Waals surface area contributed by atoms with E-state index in [-0.39, 0.29) is 13.2 Å². The molecule has 0 aromatic heterocycles. The molecular weight excluding hydrogens is 298 g/mol. The molecule has 2 saturated heterocycles. The van der Waals surface area contributed by atoms with Crippen LogP contribution in [-0.2, 0) is 25.6 Å².